The summed E-state index contributed by atoms with van der Waals surface area (Å²) in [6, 6.07) is 4.38. The number of fused-ring (bicyclic) bond motifs is 1. The van der Waals surface area contributed by atoms with Crippen LogP contribution in [-0.2, 0) is 9.84 Å². The summed E-state index contributed by atoms with van der Waals surface area (Å²) in [7, 11) is -2.89. The average molecular weight is 381 g/mol. The molecule has 0 bridgehead atoms. The van der Waals surface area contributed by atoms with Crippen molar-refractivity contribution in [3.8, 4) is 0 Å². The average Bonchev–Trinajstić information content (AvgIpc) is 3.14. The number of rotatable bonds is 2. The van der Waals surface area contributed by atoms with Crippen LogP contribution in [0.15, 0.2) is 22.6 Å². The number of aryl methyl sites for hydroxylation is 1. The molecule has 0 saturated carbocycles. The summed E-state index contributed by atoms with van der Waals surface area (Å²) in [5.74, 6) is 0.252. The van der Waals surface area contributed by atoms with E-state index < -0.39 is 9.84 Å². The van der Waals surface area contributed by atoms with E-state index in [0.717, 1.165) is 13.1 Å². The number of carbonyl (C=O) groups is 1. The Morgan fingerprint density at radius 1 is 1.31 bits per heavy atom. The van der Waals surface area contributed by atoms with Crippen LogP contribution in [0.3, 0.4) is 0 Å². The summed E-state index contributed by atoms with van der Waals surface area (Å²) < 4.78 is 42.5. The van der Waals surface area contributed by atoms with Crippen molar-refractivity contribution in [1.82, 2.24) is 4.90 Å². The van der Waals surface area contributed by atoms with Crippen molar-refractivity contribution in [2.24, 2.45) is 0 Å². The van der Waals surface area contributed by atoms with Gasteiger partial charge < -0.3 is 14.2 Å². The molecular formula is C18H22FN2O4S+. The Hall–Kier alpha value is -1.93. The van der Waals surface area contributed by atoms with Gasteiger partial charge in [-0.2, -0.15) is 0 Å². The third kappa shape index (κ3) is 3.12. The van der Waals surface area contributed by atoms with Crippen LogP contribution in [0.4, 0.5) is 4.39 Å². The summed E-state index contributed by atoms with van der Waals surface area (Å²) in [5.41, 5.74) is 1.16. The zero-order chi connectivity index (χ0) is 18.5. The summed E-state index contributed by atoms with van der Waals surface area (Å²) in [6.07, 6.45) is 0.708. The highest BCUT2D eigenvalue weighted by Crippen LogP contribution is 2.27. The number of carbonyl (C=O) groups excluding carboxylic acids is 1. The second kappa shape index (κ2) is 6.35. The molecule has 2 aliphatic heterocycles. The van der Waals surface area contributed by atoms with Gasteiger partial charge in [0.15, 0.2) is 15.6 Å². The van der Waals surface area contributed by atoms with Crippen LogP contribution in [0, 0.1) is 12.7 Å². The predicted molar refractivity (Wildman–Crippen MR) is 94.6 cm³/mol. The zero-order valence-corrected chi connectivity index (χ0v) is 15.4. The first-order valence-corrected chi connectivity index (χ1v) is 10.7. The molecule has 2 saturated heterocycles. The van der Waals surface area contributed by atoms with Crippen molar-refractivity contribution in [2.45, 2.75) is 19.4 Å². The molecule has 6 nitrogen and oxygen atoms in total. The van der Waals surface area contributed by atoms with Crippen LogP contribution in [0.1, 0.15) is 22.5 Å². The van der Waals surface area contributed by atoms with Gasteiger partial charge in [0, 0.05) is 17.4 Å². The van der Waals surface area contributed by atoms with Crippen LogP contribution >= 0.6 is 0 Å². The molecule has 140 valence electrons. The van der Waals surface area contributed by atoms with Gasteiger partial charge in [0.1, 0.15) is 23.2 Å². The van der Waals surface area contributed by atoms with Crippen molar-refractivity contribution >= 4 is 26.7 Å². The molecule has 2 aliphatic rings. The van der Waals surface area contributed by atoms with Gasteiger partial charge in [-0.1, -0.05) is 0 Å². The number of hydrogen-bond donors (Lipinski definition) is 1. The van der Waals surface area contributed by atoms with Crippen molar-refractivity contribution < 1.29 is 26.9 Å². The third-order valence-electron chi connectivity index (χ3n) is 5.60. The predicted octanol–water partition coefficient (Wildman–Crippen LogP) is 0.408. The molecule has 1 N–H and O–H groups in total. The standard InChI is InChI=1S/C18H21FN2O4S/c1-12-15-10-13(19)2-3-16(15)25-17(12)18(22)21-7-5-20(6-8-21)14-4-9-26(23,24)11-14/h2-3,10,14H,4-9,11H2,1H3/p+1/t14-/m1/s1. The molecule has 2 aromatic rings. The number of furan rings is 1. The molecule has 0 spiro atoms. The molecular weight excluding hydrogens is 359 g/mol. The van der Waals surface area contributed by atoms with Gasteiger partial charge >= 0.3 is 0 Å². The van der Waals surface area contributed by atoms with Gasteiger partial charge in [-0.15, -0.1) is 0 Å². The molecule has 26 heavy (non-hydrogen) atoms. The van der Waals surface area contributed by atoms with E-state index in [4.69, 9.17) is 4.42 Å². The molecule has 1 atom stereocenters. The SMILES string of the molecule is Cc1c(C(=O)N2CC[NH+]([C@@H]3CCS(=O)(=O)C3)CC2)oc2ccc(F)cc12. The van der Waals surface area contributed by atoms with E-state index in [1.807, 2.05) is 0 Å². The topological polar surface area (TPSA) is 72.0 Å². The van der Waals surface area contributed by atoms with Gasteiger partial charge in [0.05, 0.1) is 31.9 Å². The second-order valence-electron chi connectivity index (χ2n) is 7.25. The largest absolute Gasteiger partial charge is 0.451 e. The molecule has 3 heterocycles. The van der Waals surface area contributed by atoms with Crippen LogP contribution in [0.2, 0.25) is 0 Å². The number of benzene rings is 1. The Labute approximate surface area is 151 Å². The van der Waals surface area contributed by atoms with Crippen molar-refractivity contribution in [3.63, 3.8) is 0 Å². The Kier molecular flexibility index (Phi) is 4.27. The van der Waals surface area contributed by atoms with E-state index >= 15 is 0 Å². The number of nitrogens with zero attached hydrogens (tertiary/aromatic N) is 1. The first-order chi connectivity index (χ1) is 12.3. The quantitative estimate of drug-likeness (QED) is 0.818. The van der Waals surface area contributed by atoms with Crippen LogP contribution in [-0.4, -0.2) is 63.0 Å². The number of quaternary nitrogens is 1. The molecule has 8 heteroatoms. The zero-order valence-electron chi connectivity index (χ0n) is 14.6. The molecule has 1 aromatic carbocycles. The smallest absolute Gasteiger partial charge is 0.290 e. The maximum atomic E-state index is 13.4. The number of piperazine rings is 1. The van der Waals surface area contributed by atoms with Crippen LogP contribution in [0.5, 0.6) is 0 Å². The number of halogens is 1. The Morgan fingerprint density at radius 3 is 2.69 bits per heavy atom. The lowest BCUT2D eigenvalue weighted by atomic mass is 10.1. The number of nitrogens with one attached hydrogen (secondary N) is 1. The first-order valence-electron chi connectivity index (χ1n) is 8.87. The molecule has 0 aliphatic carbocycles. The number of amides is 1. The van der Waals surface area contributed by atoms with E-state index in [2.05, 4.69) is 0 Å². The Balaban J connectivity index is 1.46. The lowest BCUT2D eigenvalue weighted by Crippen LogP contribution is -3.18. The molecule has 4 rings (SSSR count). The van der Waals surface area contributed by atoms with E-state index in [9.17, 15) is 17.6 Å². The van der Waals surface area contributed by atoms with Crippen molar-refractivity contribution in [3.05, 3.63) is 35.3 Å². The molecule has 0 radical (unpaired) electrons. The molecule has 0 unspecified atom stereocenters. The van der Waals surface area contributed by atoms with E-state index in [1.54, 1.807) is 11.8 Å². The normalized spacial score (nSPS) is 23.6. The highest BCUT2D eigenvalue weighted by Gasteiger charge is 2.38. The van der Waals surface area contributed by atoms with Gasteiger partial charge in [-0.05, 0) is 25.1 Å². The lowest BCUT2D eigenvalue weighted by molar-refractivity contribution is -0.925. The molecule has 1 amide bonds. The van der Waals surface area contributed by atoms with Gasteiger partial charge in [-0.25, -0.2) is 12.8 Å². The molecule has 1 aromatic heterocycles. The van der Waals surface area contributed by atoms with Crippen molar-refractivity contribution in [2.75, 3.05) is 37.7 Å². The minimum absolute atomic E-state index is 0.146. The van der Waals surface area contributed by atoms with Gasteiger partial charge in [0.25, 0.3) is 5.91 Å². The maximum Gasteiger partial charge on any atom is 0.290 e. The highest BCUT2D eigenvalue weighted by atomic mass is 32.2. The van der Waals surface area contributed by atoms with Gasteiger partial charge in [-0.3, -0.25) is 4.79 Å². The van der Waals surface area contributed by atoms with E-state index in [-0.39, 0.29) is 35.0 Å². The summed E-state index contributed by atoms with van der Waals surface area (Å²) in [5, 5.41) is 0.619. The van der Waals surface area contributed by atoms with Gasteiger partial charge in [0.2, 0.25) is 0 Å². The lowest BCUT2D eigenvalue weighted by Gasteiger charge is -2.34. The van der Waals surface area contributed by atoms with E-state index in [1.165, 1.54) is 23.1 Å². The Bertz CT molecular complexity index is 961. The first kappa shape index (κ1) is 17.5. The summed E-state index contributed by atoms with van der Waals surface area (Å²) in [6.45, 7) is 4.37. The fourth-order valence-corrected chi connectivity index (χ4v) is 5.89. The minimum atomic E-state index is -2.89. The fraction of sp³-hybridized carbons (Fsp3) is 0.500. The maximum absolute atomic E-state index is 13.4. The minimum Gasteiger partial charge on any atom is -0.451 e. The van der Waals surface area contributed by atoms with Crippen LogP contribution < -0.4 is 4.90 Å². The third-order valence-corrected chi connectivity index (χ3v) is 7.36. The van der Waals surface area contributed by atoms with E-state index in [0.29, 0.717) is 36.0 Å². The number of sulfone groups is 1. The summed E-state index contributed by atoms with van der Waals surface area (Å²) in [4.78, 5) is 15.8. The van der Waals surface area contributed by atoms with Crippen LogP contribution in [0.25, 0.3) is 11.0 Å². The fourth-order valence-electron chi connectivity index (χ4n) is 4.06. The Morgan fingerprint density at radius 2 is 2.04 bits per heavy atom. The number of hydrogen-bond acceptors (Lipinski definition) is 4. The highest BCUT2D eigenvalue weighted by molar-refractivity contribution is 7.91. The second-order valence-corrected chi connectivity index (χ2v) is 9.48. The monoisotopic (exact) mass is 381 g/mol. The van der Waals surface area contributed by atoms with Crippen molar-refractivity contribution in [1.29, 1.82) is 0 Å². The molecule has 2 fully saturated rings. The summed E-state index contributed by atoms with van der Waals surface area (Å²) >= 11 is 0.